The Labute approximate surface area is 203 Å². The third-order valence-electron chi connectivity index (χ3n) is 6.05. The molecule has 0 radical (unpaired) electrons. The lowest BCUT2D eigenvalue weighted by Gasteiger charge is -2.15. The van der Waals surface area contributed by atoms with Crippen LogP contribution in [-0.4, -0.2) is 30.6 Å². The molecule has 1 aromatic heterocycles. The standard InChI is InChI=1S/C26H25N3O3.BrH/c1-27(30)20-11-8-19(9-12-20)24-17-28-22-7-5-4-6-18(22)10-15-26(28)29(24)23-14-13-21(31-2)16-25(23)32-3;/h4-9,11-14,16-17H,10,15H2,1-3H3;1H/q+2;/p-1. The second-order valence-corrected chi connectivity index (χ2v) is 7.85. The zero-order chi connectivity index (χ0) is 22.2. The minimum atomic E-state index is 0. The fourth-order valence-electron chi connectivity index (χ4n) is 4.43. The van der Waals surface area contributed by atoms with Crippen LogP contribution in [0.5, 0.6) is 11.5 Å². The minimum absolute atomic E-state index is 0. The zero-order valence-corrected chi connectivity index (χ0v) is 20.4. The predicted octanol–water partition coefficient (Wildman–Crippen LogP) is 1.58. The average molecular weight is 507 g/mol. The van der Waals surface area contributed by atoms with Crippen LogP contribution in [0.1, 0.15) is 11.4 Å². The number of nitrogens with zero attached hydrogens (tertiary/aromatic N) is 3. The number of para-hydroxylation sites is 1. The SMILES string of the molecule is COc1ccc(-n2c(-c3ccc([N+](C)=O)cc3)c[n+]3c2CCc2ccccc2-3)c(OC)c1.[Br-]. The molecule has 0 atom stereocenters. The molecule has 6 nitrogen and oxygen atoms in total. The Morgan fingerprint density at radius 3 is 2.39 bits per heavy atom. The van der Waals surface area contributed by atoms with Gasteiger partial charge in [-0.05, 0) is 42.3 Å². The molecule has 0 fully saturated rings. The number of ether oxygens (including phenoxy) is 2. The maximum absolute atomic E-state index is 11.7. The number of methoxy groups -OCH3 is 2. The highest BCUT2D eigenvalue weighted by Crippen LogP contribution is 2.35. The lowest BCUT2D eigenvalue weighted by molar-refractivity contribution is -0.606. The van der Waals surface area contributed by atoms with Crippen LogP contribution < -0.4 is 31.0 Å². The minimum Gasteiger partial charge on any atom is -1.00 e. The van der Waals surface area contributed by atoms with Crippen molar-refractivity contribution < 1.29 is 35.8 Å². The van der Waals surface area contributed by atoms with Crippen molar-refractivity contribution in [3.63, 3.8) is 0 Å². The molecule has 0 spiro atoms. The summed E-state index contributed by atoms with van der Waals surface area (Å²) in [5, 5.41) is 0. The number of benzene rings is 3. The van der Waals surface area contributed by atoms with E-state index in [2.05, 4.69) is 39.6 Å². The van der Waals surface area contributed by atoms with Crippen LogP contribution in [0.25, 0.3) is 22.6 Å². The summed E-state index contributed by atoms with van der Waals surface area (Å²) in [5.41, 5.74) is 6.14. The van der Waals surface area contributed by atoms with Crippen LogP contribution in [-0.2, 0) is 12.8 Å². The number of nitroso groups, excluding NO2 is 1. The summed E-state index contributed by atoms with van der Waals surface area (Å²) >= 11 is 0. The Balaban J connectivity index is 0.00000259. The van der Waals surface area contributed by atoms with E-state index in [1.165, 1.54) is 24.1 Å². The van der Waals surface area contributed by atoms with E-state index in [1.54, 1.807) is 14.2 Å². The zero-order valence-electron chi connectivity index (χ0n) is 18.8. The van der Waals surface area contributed by atoms with Crippen molar-refractivity contribution in [3.05, 3.63) is 89.2 Å². The molecule has 0 aliphatic carbocycles. The lowest BCUT2D eigenvalue weighted by atomic mass is 10.0. The molecule has 0 saturated heterocycles. The van der Waals surface area contributed by atoms with E-state index in [-0.39, 0.29) is 17.0 Å². The smallest absolute Gasteiger partial charge is 0.267 e. The summed E-state index contributed by atoms with van der Waals surface area (Å²) in [4.78, 5) is 11.7. The van der Waals surface area contributed by atoms with Crippen LogP contribution in [0.3, 0.4) is 0 Å². The van der Waals surface area contributed by atoms with Crippen molar-refractivity contribution >= 4 is 5.69 Å². The largest absolute Gasteiger partial charge is 1.00 e. The molecule has 2 heterocycles. The van der Waals surface area contributed by atoms with Crippen molar-refractivity contribution in [1.29, 1.82) is 0 Å². The average Bonchev–Trinajstić information content (AvgIpc) is 3.23. The highest BCUT2D eigenvalue weighted by molar-refractivity contribution is 5.66. The van der Waals surface area contributed by atoms with Crippen molar-refractivity contribution in [1.82, 2.24) is 4.57 Å². The first-order valence-corrected chi connectivity index (χ1v) is 10.6. The summed E-state index contributed by atoms with van der Waals surface area (Å²) in [6, 6.07) is 22.1. The molecular weight excluding hydrogens is 482 g/mol. The Kier molecular flexibility index (Phi) is 6.33. The maximum atomic E-state index is 11.7. The van der Waals surface area contributed by atoms with E-state index in [1.807, 2.05) is 42.5 Å². The molecule has 4 aromatic rings. The van der Waals surface area contributed by atoms with Crippen LogP contribution in [0.15, 0.2) is 72.9 Å². The molecule has 168 valence electrons. The number of hydrogen-bond donors (Lipinski definition) is 0. The monoisotopic (exact) mass is 506 g/mol. The molecule has 1 aliphatic heterocycles. The lowest BCUT2D eigenvalue weighted by Crippen LogP contribution is -3.00. The Bertz CT molecular complexity index is 1330. The molecule has 0 saturated carbocycles. The Morgan fingerprint density at radius 1 is 0.939 bits per heavy atom. The van der Waals surface area contributed by atoms with Gasteiger partial charge in [0.05, 0.1) is 20.6 Å². The molecule has 0 N–H and O–H groups in total. The third kappa shape index (κ3) is 3.93. The van der Waals surface area contributed by atoms with Crippen LogP contribution >= 0.6 is 0 Å². The molecule has 1 aliphatic rings. The summed E-state index contributed by atoms with van der Waals surface area (Å²) in [6.45, 7) is 0. The summed E-state index contributed by atoms with van der Waals surface area (Å²) in [5.74, 6) is 2.65. The Morgan fingerprint density at radius 2 is 1.70 bits per heavy atom. The normalized spacial score (nSPS) is 11.7. The van der Waals surface area contributed by atoms with E-state index >= 15 is 0 Å². The van der Waals surface area contributed by atoms with Crippen molar-refractivity contribution in [2.24, 2.45) is 0 Å². The summed E-state index contributed by atoms with van der Waals surface area (Å²) in [6.07, 6.45) is 4.04. The quantitative estimate of drug-likeness (QED) is 0.386. The van der Waals surface area contributed by atoms with E-state index in [4.69, 9.17) is 9.47 Å². The van der Waals surface area contributed by atoms with Gasteiger partial charge in [-0.3, -0.25) is 0 Å². The highest BCUT2D eigenvalue weighted by Gasteiger charge is 2.32. The number of hydrogen-bond acceptors (Lipinski definition) is 3. The van der Waals surface area contributed by atoms with E-state index in [9.17, 15) is 4.91 Å². The van der Waals surface area contributed by atoms with Gasteiger partial charge < -0.3 is 26.5 Å². The topological polar surface area (TPSA) is 47.4 Å². The van der Waals surface area contributed by atoms with E-state index in [0.717, 1.165) is 46.0 Å². The maximum Gasteiger partial charge on any atom is 0.267 e. The number of halogens is 1. The number of aryl methyl sites for hydroxylation is 1. The fraction of sp³-hybridized carbons (Fsp3) is 0.192. The van der Waals surface area contributed by atoms with Gasteiger partial charge in [0.2, 0.25) is 0 Å². The van der Waals surface area contributed by atoms with Crippen LogP contribution in [0.2, 0.25) is 0 Å². The van der Waals surface area contributed by atoms with Gasteiger partial charge in [0.1, 0.15) is 17.6 Å². The van der Waals surface area contributed by atoms with Gasteiger partial charge in [0.15, 0.2) is 24.2 Å². The van der Waals surface area contributed by atoms with E-state index in [0.29, 0.717) is 5.69 Å². The summed E-state index contributed by atoms with van der Waals surface area (Å²) in [7, 11) is 4.83. The summed E-state index contributed by atoms with van der Waals surface area (Å²) < 4.78 is 16.6. The van der Waals surface area contributed by atoms with Gasteiger partial charge in [-0.15, -0.1) is 0 Å². The van der Waals surface area contributed by atoms with Gasteiger partial charge in [-0.25, -0.2) is 0 Å². The second-order valence-electron chi connectivity index (χ2n) is 7.85. The molecule has 0 unspecified atom stereocenters. The van der Waals surface area contributed by atoms with Crippen molar-refractivity contribution in [2.75, 3.05) is 21.3 Å². The van der Waals surface area contributed by atoms with Gasteiger partial charge >= 0.3 is 0 Å². The molecule has 0 bridgehead atoms. The van der Waals surface area contributed by atoms with Gasteiger partial charge in [-0.1, -0.05) is 18.2 Å². The highest BCUT2D eigenvalue weighted by atomic mass is 79.9. The molecule has 3 aromatic carbocycles. The first kappa shape index (κ1) is 22.7. The molecule has 33 heavy (non-hydrogen) atoms. The van der Waals surface area contributed by atoms with Crippen molar-refractivity contribution in [2.45, 2.75) is 12.8 Å². The molecule has 5 rings (SSSR count). The molecule has 7 heteroatoms. The first-order valence-electron chi connectivity index (χ1n) is 10.6. The van der Waals surface area contributed by atoms with Gasteiger partial charge in [0.25, 0.3) is 11.5 Å². The van der Waals surface area contributed by atoms with Gasteiger partial charge in [-0.2, -0.15) is 9.13 Å². The number of rotatable bonds is 5. The second kappa shape index (κ2) is 9.19. The molecular formula is C26H25BrN3O3+. The van der Waals surface area contributed by atoms with Crippen molar-refractivity contribution in [3.8, 4) is 34.1 Å². The number of fused-ring (bicyclic) bond motifs is 3. The third-order valence-corrected chi connectivity index (χ3v) is 6.05. The van der Waals surface area contributed by atoms with Crippen LogP contribution in [0.4, 0.5) is 5.69 Å². The predicted molar refractivity (Wildman–Crippen MR) is 122 cm³/mol. The number of imidazole rings is 1. The number of aromatic nitrogens is 2. The van der Waals surface area contributed by atoms with Crippen LogP contribution in [0, 0.1) is 4.91 Å². The fourth-order valence-corrected chi connectivity index (χ4v) is 4.43. The molecule has 0 amide bonds. The Hall–Kier alpha value is -3.45. The van der Waals surface area contributed by atoms with Gasteiger partial charge in [0, 0.05) is 33.4 Å². The first-order chi connectivity index (χ1) is 15.6. The van der Waals surface area contributed by atoms with E-state index < -0.39 is 0 Å².